The summed E-state index contributed by atoms with van der Waals surface area (Å²) >= 11 is 2.80. The topological polar surface area (TPSA) is 130 Å². The molecule has 0 radical (unpaired) electrons. The second-order valence-electron chi connectivity index (χ2n) is 12.0. The van der Waals surface area contributed by atoms with Gasteiger partial charge in [-0.2, -0.15) is 5.26 Å². The van der Waals surface area contributed by atoms with Gasteiger partial charge < -0.3 is 25.4 Å². The van der Waals surface area contributed by atoms with Crippen molar-refractivity contribution < 1.29 is 23.9 Å². The number of benzene rings is 4. The highest BCUT2D eigenvalue weighted by molar-refractivity contribution is 8.00. The van der Waals surface area contributed by atoms with Crippen molar-refractivity contribution in [3.63, 3.8) is 0 Å². The third-order valence-corrected chi connectivity index (χ3v) is 10.8. The predicted octanol–water partition coefficient (Wildman–Crippen LogP) is 8.05. The number of hydrogen-bond donors (Lipinski definition) is 3. The van der Waals surface area contributed by atoms with E-state index < -0.39 is 11.8 Å². The molecule has 0 saturated carbocycles. The minimum atomic E-state index is -0.542. The first-order valence-corrected chi connectivity index (χ1v) is 18.4. The second-order valence-corrected chi connectivity index (χ2v) is 14.1. The maximum atomic E-state index is 13.6. The number of carbonyl (C=O) groups excluding carboxylic acids is 3. The molecular formula is C41H36N4O5S2. The zero-order chi connectivity index (χ0) is 36.5. The highest BCUT2D eigenvalue weighted by atomic mass is 32.2. The third-order valence-electron chi connectivity index (χ3n) is 8.61. The molecule has 5 aromatic rings. The van der Waals surface area contributed by atoms with Gasteiger partial charge in [0.2, 0.25) is 5.91 Å². The minimum absolute atomic E-state index is 0.0144. The molecule has 1 heterocycles. The summed E-state index contributed by atoms with van der Waals surface area (Å²) in [5.74, 6) is 0.285. The number of nitriles is 1. The van der Waals surface area contributed by atoms with E-state index in [0.29, 0.717) is 44.8 Å². The molecule has 1 aromatic heterocycles. The van der Waals surface area contributed by atoms with Gasteiger partial charge in [0.15, 0.2) is 11.5 Å². The molecule has 262 valence electrons. The highest BCUT2D eigenvalue weighted by Gasteiger charge is 2.27. The van der Waals surface area contributed by atoms with E-state index >= 15 is 0 Å². The molecule has 1 aliphatic carbocycles. The molecule has 3 N–H and O–H groups in total. The zero-order valence-electron chi connectivity index (χ0n) is 28.6. The van der Waals surface area contributed by atoms with Gasteiger partial charge in [-0.15, -0.1) is 23.1 Å². The molecule has 1 unspecified atom stereocenters. The van der Waals surface area contributed by atoms with E-state index in [0.717, 1.165) is 34.6 Å². The van der Waals surface area contributed by atoms with Crippen LogP contribution in [0.5, 0.6) is 11.5 Å². The number of nitrogens with one attached hydrogen (secondary N) is 3. The molecule has 9 nitrogen and oxygen atoms in total. The van der Waals surface area contributed by atoms with Gasteiger partial charge in [-0.25, -0.2) is 0 Å². The first-order chi connectivity index (χ1) is 25.3. The molecule has 3 amide bonds. The van der Waals surface area contributed by atoms with Crippen LogP contribution in [0.15, 0.2) is 114 Å². The first-order valence-electron chi connectivity index (χ1n) is 16.6. The Morgan fingerprint density at radius 1 is 0.904 bits per heavy atom. The van der Waals surface area contributed by atoms with Gasteiger partial charge in [0, 0.05) is 21.0 Å². The summed E-state index contributed by atoms with van der Waals surface area (Å²) in [6.45, 7) is 0. The van der Waals surface area contributed by atoms with E-state index in [-0.39, 0.29) is 17.4 Å². The maximum absolute atomic E-state index is 13.6. The van der Waals surface area contributed by atoms with E-state index in [2.05, 4.69) is 46.3 Å². The summed E-state index contributed by atoms with van der Waals surface area (Å²) in [6.07, 6.45) is 4.17. The Labute approximate surface area is 310 Å². The SMILES string of the molecule is COc1ccc(/C=C(/NC(=O)c2ccccc2)C(=O)Nc2cccc(SCC(=O)Nc3sc4c(c3C#N)CCC(c3ccccc3)C4)c2)cc1OC. The molecule has 0 fully saturated rings. The Balaban J connectivity index is 1.12. The Kier molecular flexibility index (Phi) is 11.7. The van der Waals surface area contributed by atoms with Crippen LogP contribution >= 0.6 is 23.1 Å². The number of nitrogens with zero attached hydrogens (tertiary/aromatic N) is 1. The van der Waals surface area contributed by atoms with Crippen LogP contribution in [0.25, 0.3) is 6.08 Å². The Bertz CT molecular complexity index is 2160. The molecule has 0 aliphatic heterocycles. The number of carbonyl (C=O) groups is 3. The van der Waals surface area contributed by atoms with Crippen molar-refractivity contribution in [2.24, 2.45) is 0 Å². The van der Waals surface area contributed by atoms with Crippen molar-refractivity contribution in [1.29, 1.82) is 5.26 Å². The van der Waals surface area contributed by atoms with Crippen molar-refractivity contribution in [2.45, 2.75) is 30.1 Å². The Hall–Kier alpha value is -5.83. The lowest BCUT2D eigenvalue weighted by atomic mass is 9.83. The third kappa shape index (κ3) is 8.72. The first kappa shape index (κ1) is 36.0. The number of thioether (sulfide) groups is 1. The average molecular weight is 729 g/mol. The van der Waals surface area contributed by atoms with Crippen molar-refractivity contribution in [3.05, 3.63) is 142 Å². The maximum Gasteiger partial charge on any atom is 0.272 e. The van der Waals surface area contributed by atoms with Crippen LogP contribution in [-0.4, -0.2) is 37.7 Å². The summed E-state index contributed by atoms with van der Waals surface area (Å²) in [4.78, 5) is 41.8. The van der Waals surface area contributed by atoms with Crippen LogP contribution in [0.1, 0.15) is 49.8 Å². The van der Waals surface area contributed by atoms with Gasteiger partial charge in [0.05, 0.1) is 25.5 Å². The largest absolute Gasteiger partial charge is 0.493 e. The monoisotopic (exact) mass is 728 g/mol. The van der Waals surface area contributed by atoms with Crippen LogP contribution < -0.4 is 25.4 Å². The summed E-state index contributed by atoms with van der Waals surface area (Å²) in [6, 6.07) is 33.6. The van der Waals surface area contributed by atoms with Gasteiger partial charge in [-0.3, -0.25) is 14.4 Å². The quantitative estimate of drug-likeness (QED) is 0.0876. The Morgan fingerprint density at radius 2 is 1.65 bits per heavy atom. The van der Waals surface area contributed by atoms with Gasteiger partial charge in [-0.05, 0) is 90.4 Å². The van der Waals surface area contributed by atoms with Gasteiger partial charge in [-0.1, -0.05) is 60.7 Å². The normalized spacial score (nSPS) is 13.6. The van der Waals surface area contributed by atoms with E-state index in [9.17, 15) is 19.6 Å². The zero-order valence-corrected chi connectivity index (χ0v) is 30.2. The number of hydrogen-bond acceptors (Lipinski definition) is 8. The summed E-state index contributed by atoms with van der Waals surface area (Å²) in [7, 11) is 3.05. The van der Waals surface area contributed by atoms with E-state index in [1.807, 2.05) is 12.1 Å². The standard InChI is InChI=1S/C41H36N4O5S2/c1-49-35-19-16-26(21-36(35)50-2)20-34(44-39(47)28-12-7-4-8-13-28)40(48)43-30-14-9-15-31(23-30)51-25-38(46)45-41-33(24-42)32-18-17-29(22-37(32)52-41)27-10-5-3-6-11-27/h3-16,19-21,23,29H,17-18,22,25H2,1-2H3,(H,43,48)(H,44,47)(H,45,46)/b34-20+. The van der Waals surface area contributed by atoms with Gasteiger partial charge in [0.25, 0.3) is 11.8 Å². The number of thiophene rings is 1. The molecule has 0 saturated heterocycles. The molecule has 1 atom stereocenters. The molecule has 0 spiro atoms. The number of fused-ring (bicyclic) bond motifs is 1. The predicted molar refractivity (Wildman–Crippen MR) is 206 cm³/mol. The summed E-state index contributed by atoms with van der Waals surface area (Å²) < 4.78 is 10.7. The summed E-state index contributed by atoms with van der Waals surface area (Å²) in [5, 5.41) is 19.2. The summed E-state index contributed by atoms with van der Waals surface area (Å²) in [5.41, 5.74) is 4.40. The Morgan fingerprint density at radius 3 is 2.38 bits per heavy atom. The number of ether oxygens (including phenoxy) is 2. The van der Waals surface area contributed by atoms with Crippen molar-refractivity contribution >= 4 is 57.6 Å². The lowest BCUT2D eigenvalue weighted by molar-refractivity contribution is -0.114. The molecule has 0 bridgehead atoms. The van der Waals surface area contributed by atoms with Crippen molar-refractivity contribution in [2.75, 3.05) is 30.6 Å². The van der Waals surface area contributed by atoms with Gasteiger partial charge in [0.1, 0.15) is 16.8 Å². The number of rotatable bonds is 12. The smallest absolute Gasteiger partial charge is 0.272 e. The number of methoxy groups -OCH3 is 2. The van der Waals surface area contributed by atoms with Crippen LogP contribution in [0.2, 0.25) is 0 Å². The number of amides is 3. The average Bonchev–Trinajstić information content (AvgIpc) is 3.53. The molecule has 4 aromatic carbocycles. The van der Waals surface area contributed by atoms with Crippen molar-refractivity contribution in [3.8, 4) is 17.6 Å². The lowest BCUT2D eigenvalue weighted by Crippen LogP contribution is -2.30. The lowest BCUT2D eigenvalue weighted by Gasteiger charge is -2.22. The molecule has 52 heavy (non-hydrogen) atoms. The fourth-order valence-corrected chi connectivity index (χ4v) is 8.08. The minimum Gasteiger partial charge on any atom is -0.493 e. The van der Waals surface area contributed by atoms with E-state index in [1.54, 1.807) is 72.8 Å². The van der Waals surface area contributed by atoms with E-state index in [4.69, 9.17) is 9.47 Å². The van der Waals surface area contributed by atoms with Gasteiger partial charge >= 0.3 is 0 Å². The molecule has 6 rings (SSSR count). The fourth-order valence-electron chi connectivity index (χ4n) is 6.03. The highest BCUT2D eigenvalue weighted by Crippen LogP contribution is 2.42. The fraction of sp³-hybridized carbons (Fsp3) is 0.171. The second kappa shape index (κ2) is 16.9. The molecular weight excluding hydrogens is 693 g/mol. The van der Waals surface area contributed by atoms with Crippen LogP contribution in [0, 0.1) is 11.3 Å². The van der Waals surface area contributed by atoms with Crippen LogP contribution in [0.3, 0.4) is 0 Å². The van der Waals surface area contributed by atoms with Crippen molar-refractivity contribution in [1.82, 2.24) is 5.32 Å². The number of anilines is 2. The molecule has 1 aliphatic rings. The molecule has 11 heteroatoms. The van der Waals surface area contributed by atoms with E-state index in [1.165, 1.54) is 42.9 Å². The van der Waals surface area contributed by atoms with Crippen LogP contribution in [0.4, 0.5) is 10.7 Å². The van der Waals surface area contributed by atoms with Crippen LogP contribution in [-0.2, 0) is 22.4 Å².